The molecule has 2 heterocycles. The molecular weight excluding hydrogens is 424 g/mol. The third kappa shape index (κ3) is 9.51. The van der Waals surface area contributed by atoms with Gasteiger partial charge in [-0.1, -0.05) is 6.07 Å². The Balaban J connectivity index is 0.000000444. The van der Waals surface area contributed by atoms with Crippen molar-refractivity contribution in [2.45, 2.75) is 12.4 Å². The lowest BCUT2D eigenvalue weighted by atomic mass is 10.3. The number of aliphatic carboxylic acids is 2. The fourth-order valence-corrected chi connectivity index (χ4v) is 1.92. The zero-order valence-electron chi connectivity index (χ0n) is 13.2. The van der Waals surface area contributed by atoms with E-state index in [0.717, 1.165) is 10.6 Å². The van der Waals surface area contributed by atoms with Gasteiger partial charge in [0, 0.05) is 6.20 Å². The van der Waals surface area contributed by atoms with Crippen molar-refractivity contribution in [3.63, 3.8) is 0 Å². The lowest BCUT2D eigenvalue weighted by Crippen LogP contribution is -2.21. The number of alkyl halides is 6. The minimum Gasteiger partial charge on any atom is -0.477 e. The second-order valence-corrected chi connectivity index (χ2v) is 5.37. The summed E-state index contributed by atoms with van der Waals surface area (Å²) >= 11 is 1.23. The van der Waals surface area contributed by atoms with Gasteiger partial charge in [0.25, 0.3) is 0 Å². The number of rotatable bonds is 2. The molecular formula is C14H9F6NO6S. The van der Waals surface area contributed by atoms with E-state index in [0.29, 0.717) is 4.88 Å². The number of nitrogens with zero attached hydrogens (tertiary/aromatic N) is 1. The maximum absolute atomic E-state index is 10.6. The molecule has 0 spiro atoms. The number of thiophene rings is 1. The van der Waals surface area contributed by atoms with Gasteiger partial charge in [-0.05, 0) is 24.3 Å². The highest BCUT2D eigenvalue weighted by atomic mass is 32.1. The third-order valence-corrected chi connectivity index (χ3v) is 3.31. The Labute approximate surface area is 155 Å². The summed E-state index contributed by atoms with van der Waals surface area (Å²) in [6, 6.07) is 8.93. The minimum atomic E-state index is -5.08. The standard InChI is InChI=1S/C10H7NO2S.2C2HF3O2/c12-10(13)9-5-4-8(14-9)7-3-1-2-6-11-7;2*3-2(4,5)1(6)7/h1-6H,(H,12,13);2*(H,6,7). The zero-order valence-corrected chi connectivity index (χ0v) is 14.0. The van der Waals surface area contributed by atoms with Crippen LogP contribution >= 0.6 is 11.3 Å². The Kier molecular flexibility index (Phi) is 9.09. The molecule has 0 aliphatic rings. The maximum Gasteiger partial charge on any atom is 0.490 e. The first-order chi connectivity index (χ1) is 12.7. The van der Waals surface area contributed by atoms with Crippen LogP contribution in [0.25, 0.3) is 10.6 Å². The van der Waals surface area contributed by atoms with E-state index in [1.54, 1.807) is 18.3 Å². The normalized spacial score (nSPS) is 10.6. The van der Waals surface area contributed by atoms with E-state index in [2.05, 4.69) is 4.98 Å². The van der Waals surface area contributed by atoms with Crippen molar-refractivity contribution < 1.29 is 56.0 Å². The fourth-order valence-electron chi connectivity index (χ4n) is 1.10. The first-order valence-electron chi connectivity index (χ1n) is 6.51. The number of pyridine rings is 1. The molecule has 0 amide bonds. The molecule has 0 atom stereocenters. The monoisotopic (exact) mass is 433 g/mol. The average molecular weight is 433 g/mol. The van der Waals surface area contributed by atoms with Crippen molar-refractivity contribution in [2.75, 3.05) is 0 Å². The van der Waals surface area contributed by atoms with Crippen molar-refractivity contribution in [2.24, 2.45) is 0 Å². The molecule has 0 saturated carbocycles. The minimum absolute atomic E-state index is 0.339. The van der Waals surface area contributed by atoms with Gasteiger partial charge in [-0.2, -0.15) is 26.3 Å². The number of carboxylic acid groups (broad SMARTS) is 3. The van der Waals surface area contributed by atoms with Gasteiger partial charge in [0.15, 0.2) is 0 Å². The third-order valence-electron chi connectivity index (χ3n) is 2.22. The summed E-state index contributed by atoms with van der Waals surface area (Å²) in [5, 5.41) is 23.0. The molecule has 2 rings (SSSR count). The summed E-state index contributed by atoms with van der Waals surface area (Å²) in [4.78, 5) is 33.8. The second-order valence-electron chi connectivity index (χ2n) is 4.29. The highest BCUT2D eigenvalue weighted by Crippen LogP contribution is 2.26. The molecule has 0 saturated heterocycles. The van der Waals surface area contributed by atoms with Crippen LogP contribution in [0.5, 0.6) is 0 Å². The lowest BCUT2D eigenvalue weighted by Gasteiger charge is -1.93. The van der Waals surface area contributed by atoms with E-state index in [9.17, 15) is 31.1 Å². The lowest BCUT2D eigenvalue weighted by molar-refractivity contribution is -0.193. The molecule has 2 aromatic rings. The van der Waals surface area contributed by atoms with E-state index < -0.39 is 30.3 Å². The van der Waals surface area contributed by atoms with E-state index in [1.807, 2.05) is 18.2 Å². The molecule has 0 radical (unpaired) electrons. The predicted molar refractivity (Wildman–Crippen MR) is 81.9 cm³/mol. The molecule has 154 valence electrons. The van der Waals surface area contributed by atoms with E-state index >= 15 is 0 Å². The zero-order chi connectivity index (χ0) is 22.1. The summed E-state index contributed by atoms with van der Waals surface area (Å²) in [5.41, 5.74) is 0.810. The topological polar surface area (TPSA) is 125 Å². The molecule has 2 aromatic heterocycles. The average Bonchev–Trinajstić information content (AvgIpc) is 3.05. The van der Waals surface area contributed by atoms with Crippen LogP contribution in [0.15, 0.2) is 36.5 Å². The molecule has 28 heavy (non-hydrogen) atoms. The van der Waals surface area contributed by atoms with Crippen molar-refractivity contribution in [1.29, 1.82) is 0 Å². The molecule has 7 nitrogen and oxygen atoms in total. The molecule has 3 N–H and O–H groups in total. The SMILES string of the molecule is O=C(O)C(F)(F)F.O=C(O)C(F)(F)F.O=C(O)c1ccc(-c2ccccn2)s1. The smallest absolute Gasteiger partial charge is 0.477 e. The summed E-state index contributed by atoms with van der Waals surface area (Å²) in [7, 11) is 0. The fraction of sp³-hybridized carbons (Fsp3) is 0.143. The van der Waals surface area contributed by atoms with Crippen LogP contribution < -0.4 is 0 Å². The van der Waals surface area contributed by atoms with Gasteiger partial charge < -0.3 is 15.3 Å². The van der Waals surface area contributed by atoms with Crippen molar-refractivity contribution in [3.8, 4) is 10.6 Å². The first kappa shape index (κ1) is 24.8. The number of hydrogen-bond acceptors (Lipinski definition) is 5. The number of aromatic carboxylic acids is 1. The molecule has 0 unspecified atom stereocenters. The maximum atomic E-state index is 10.6. The summed E-state index contributed by atoms with van der Waals surface area (Å²) < 4.78 is 63.5. The Morgan fingerprint density at radius 2 is 1.29 bits per heavy atom. The Morgan fingerprint density at radius 3 is 1.57 bits per heavy atom. The largest absolute Gasteiger partial charge is 0.490 e. The molecule has 0 aliphatic heterocycles. The molecule has 0 aromatic carbocycles. The van der Waals surface area contributed by atoms with Crippen LogP contribution in [-0.2, 0) is 9.59 Å². The van der Waals surface area contributed by atoms with Gasteiger partial charge >= 0.3 is 30.3 Å². The van der Waals surface area contributed by atoms with Crippen LogP contribution in [0.4, 0.5) is 26.3 Å². The van der Waals surface area contributed by atoms with Gasteiger partial charge in [-0.25, -0.2) is 14.4 Å². The van der Waals surface area contributed by atoms with E-state index in [1.165, 1.54) is 11.3 Å². The van der Waals surface area contributed by atoms with Crippen LogP contribution in [0.1, 0.15) is 9.67 Å². The molecule has 0 bridgehead atoms. The van der Waals surface area contributed by atoms with E-state index in [4.69, 9.17) is 24.9 Å². The van der Waals surface area contributed by atoms with Crippen LogP contribution in [0.3, 0.4) is 0 Å². The molecule has 0 fully saturated rings. The number of carbonyl (C=O) groups is 3. The Bertz CT molecular complexity index is 779. The summed E-state index contributed by atoms with van der Waals surface area (Å²) in [6.45, 7) is 0. The van der Waals surface area contributed by atoms with Crippen LogP contribution in [0.2, 0.25) is 0 Å². The van der Waals surface area contributed by atoms with Crippen molar-refractivity contribution in [3.05, 3.63) is 41.4 Å². The Morgan fingerprint density at radius 1 is 0.821 bits per heavy atom. The van der Waals surface area contributed by atoms with Crippen molar-refractivity contribution >= 4 is 29.2 Å². The molecule has 0 aliphatic carbocycles. The van der Waals surface area contributed by atoms with Gasteiger partial charge in [0.2, 0.25) is 0 Å². The van der Waals surface area contributed by atoms with Gasteiger partial charge in [-0.15, -0.1) is 11.3 Å². The van der Waals surface area contributed by atoms with Gasteiger partial charge in [0.05, 0.1) is 10.6 Å². The van der Waals surface area contributed by atoms with Crippen molar-refractivity contribution in [1.82, 2.24) is 4.98 Å². The van der Waals surface area contributed by atoms with Gasteiger partial charge in [0.1, 0.15) is 4.88 Å². The number of aromatic nitrogens is 1. The second kappa shape index (κ2) is 10.2. The first-order valence-corrected chi connectivity index (χ1v) is 7.32. The number of carboxylic acids is 3. The predicted octanol–water partition coefficient (Wildman–Crippen LogP) is 3.77. The highest BCUT2D eigenvalue weighted by molar-refractivity contribution is 7.17. The molecule has 14 heteroatoms. The highest BCUT2D eigenvalue weighted by Gasteiger charge is 2.38. The van der Waals surface area contributed by atoms with Crippen LogP contribution in [-0.4, -0.2) is 50.6 Å². The summed E-state index contributed by atoms with van der Waals surface area (Å²) in [6.07, 6.45) is -8.48. The van der Waals surface area contributed by atoms with E-state index in [-0.39, 0.29) is 0 Å². The number of hydrogen-bond donors (Lipinski definition) is 3. The Hall–Kier alpha value is -3.16. The summed E-state index contributed by atoms with van der Waals surface area (Å²) in [5.74, 6) is -6.41. The number of halogens is 6. The van der Waals surface area contributed by atoms with Gasteiger partial charge in [-0.3, -0.25) is 4.98 Å². The van der Waals surface area contributed by atoms with Crippen LogP contribution in [0, 0.1) is 0 Å². The quantitative estimate of drug-likeness (QED) is 0.616.